The van der Waals surface area contributed by atoms with Gasteiger partial charge < -0.3 is 0 Å². The molecular weight excluding hydrogens is 327 g/mol. The second-order valence-corrected chi connectivity index (χ2v) is 6.99. The lowest BCUT2D eigenvalue weighted by Gasteiger charge is -2.09. The zero-order valence-corrected chi connectivity index (χ0v) is 12.4. The van der Waals surface area contributed by atoms with Crippen LogP contribution in [0, 0.1) is 6.92 Å². The van der Waals surface area contributed by atoms with Gasteiger partial charge in [0.25, 0.3) is 0 Å². The SMILES string of the molecule is Cc1sc(Br)cc1C(Cl)c1cccc(Cl)c1. The van der Waals surface area contributed by atoms with Crippen molar-refractivity contribution in [1.82, 2.24) is 0 Å². The summed E-state index contributed by atoms with van der Waals surface area (Å²) in [6, 6.07) is 9.74. The molecule has 1 aromatic carbocycles. The van der Waals surface area contributed by atoms with Crippen molar-refractivity contribution in [2.75, 3.05) is 0 Å². The largest absolute Gasteiger partial charge is 0.133 e. The van der Waals surface area contributed by atoms with Crippen molar-refractivity contribution in [2.24, 2.45) is 0 Å². The van der Waals surface area contributed by atoms with Crippen LogP contribution in [0.4, 0.5) is 0 Å². The number of halogens is 3. The Hall–Kier alpha value is -0.0200. The molecule has 0 saturated heterocycles. The molecule has 2 rings (SSSR count). The van der Waals surface area contributed by atoms with E-state index in [-0.39, 0.29) is 5.38 Å². The summed E-state index contributed by atoms with van der Waals surface area (Å²) in [4.78, 5) is 1.23. The smallest absolute Gasteiger partial charge is 0.0846 e. The molecule has 16 heavy (non-hydrogen) atoms. The molecule has 2 aromatic rings. The Morgan fingerprint density at radius 3 is 2.62 bits per heavy atom. The zero-order valence-electron chi connectivity index (χ0n) is 8.51. The highest BCUT2D eigenvalue weighted by molar-refractivity contribution is 9.11. The molecule has 1 unspecified atom stereocenters. The van der Waals surface area contributed by atoms with E-state index in [1.165, 1.54) is 4.88 Å². The maximum Gasteiger partial charge on any atom is 0.0846 e. The first kappa shape index (κ1) is 12.4. The summed E-state index contributed by atoms with van der Waals surface area (Å²) in [6.07, 6.45) is 0. The molecule has 0 saturated carbocycles. The summed E-state index contributed by atoms with van der Waals surface area (Å²) >= 11 is 17.6. The molecule has 1 heterocycles. The van der Waals surface area contributed by atoms with Crippen molar-refractivity contribution in [2.45, 2.75) is 12.3 Å². The molecule has 0 aliphatic carbocycles. The lowest BCUT2D eigenvalue weighted by Crippen LogP contribution is -1.92. The number of hydrogen-bond donors (Lipinski definition) is 0. The van der Waals surface area contributed by atoms with Gasteiger partial charge in [-0.1, -0.05) is 23.7 Å². The van der Waals surface area contributed by atoms with Crippen LogP contribution in [-0.2, 0) is 0 Å². The van der Waals surface area contributed by atoms with Crippen LogP contribution < -0.4 is 0 Å². The maximum atomic E-state index is 6.45. The minimum Gasteiger partial charge on any atom is -0.133 e. The summed E-state index contributed by atoms with van der Waals surface area (Å²) < 4.78 is 1.10. The van der Waals surface area contributed by atoms with Crippen molar-refractivity contribution >= 4 is 50.5 Å². The maximum absolute atomic E-state index is 6.45. The average Bonchev–Trinajstić information content (AvgIpc) is 2.57. The first-order valence-corrected chi connectivity index (χ1v) is 7.15. The number of benzene rings is 1. The minimum absolute atomic E-state index is 0.138. The highest BCUT2D eigenvalue weighted by atomic mass is 79.9. The predicted octanol–water partition coefficient (Wildman–Crippen LogP) is 5.80. The third-order valence-corrected chi connectivity index (χ3v) is 4.63. The van der Waals surface area contributed by atoms with E-state index in [1.54, 1.807) is 11.3 Å². The quantitative estimate of drug-likeness (QED) is 0.608. The van der Waals surface area contributed by atoms with Gasteiger partial charge in [0.1, 0.15) is 0 Å². The molecule has 0 aliphatic rings. The fraction of sp³-hybridized carbons (Fsp3) is 0.167. The molecule has 4 heteroatoms. The Bertz CT molecular complexity index is 507. The van der Waals surface area contributed by atoms with Crippen LogP contribution in [0.1, 0.15) is 21.4 Å². The van der Waals surface area contributed by atoms with Crippen molar-refractivity contribution < 1.29 is 0 Å². The number of hydrogen-bond acceptors (Lipinski definition) is 1. The summed E-state index contributed by atoms with van der Waals surface area (Å²) in [5, 5.41) is 0.580. The zero-order chi connectivity index (χ0) is 11.7. The summed E-state index contributed by atoms with van der Waals surface area (Å²) in [5.41, 5.74) is 2.17. The van der Waals surface area contributed by atoms with Crippen LogP contribution in [0.3, 0.4) is 0 Å². The van der Waals surface area contributed by atoms with Gasteiger partial charge in [-0.15, -0.1) is 22.9 Å². The minimum atomic E-state index is -0.138. The van der Waals surface area contributed by atoms with Gasteiger partial charge in [0.15, 0.2) is 0 Å². The van der Waals surface area contributed by atoms with Crippen LogP contribution in [0.25, 0.3) is 0 Å². The van der Waals surface area contributed by atoms with E-state index in [1.807, 2.05) is 24.3 Å². The fourth-order valence-corrected chi connectivity index (χ4v) is 3.93. The number of aryl methyl sites for hydroxylation is 1. The Labute approximate surface area is 117 Å². The normalized spacial score (nSPS) is 12.8. The fourth-order valence-electron chi connectivity index (χ4n) is 1.55. The Morgan fingerprint density at radius 1 is 1.31 bits per heavy atom. The van der Waals surface area contributed by atoms with Gasteiger partial charge >= 0.3 is 0 Å². The van der Waals surface area contributed by atoms with Gasteiger partial charge in [-0.25, -0.2) is 0 Å². The molecule has 0 fully saturated rings. The molecule has 84 valence electrons. The molecule has 0 radical (unpaired) electrons. The molecule has 0 amide bonds. The van der Waals surface area contributed by atoms with E-state index in [2.05, 4.69) is 28.9 Å². The summed E-state index contributed by atoms with van der Waals surface area (Å²) in [5.74, 6) is 0. The first-order chi connectivity index (χ1) is 7.58. The monoisotopic (exact) mass is 334 g/mol. The standard InChI is InChI=1S/C12H9BrCl2S/c1-7-10(6-11(13)16-7)12(15)8-3-2-4-9(14)5-8/h2-6,12H,1H3. The van der Waals surface area contributed by atoms with Crippen LogP contribution in [0.2, 0.25) is 5.02 Å². The van der Waals surface area contributed by atoms with Crippen LogP contribution in [0.15, 0.2) is 34.1 Å². The lowest BCUT2D eigenvalue weighted by atomic mass is 10.1. The van der Waals surface area contributed by atoms with Gasteiger partial charge in [0.05, 0.1) is 9.16 Å². The van der Waals surface area contributed by atoms with Gasteiger partial charge in [0.2, 0.25) is 0 Å². The third kappa shape index (κ3) is 2.62. The van der Waals surface area contributed by atoms with Crippen LogP contribution in [-0.4, -0.2) is 0 Å². The van der Waals surface area contributed by atoms with Gasteiger partial charge in [-0.3, -0.25) is 0 Å². The highest BCUT2D eigenvalue weighted by Crippen LogP contribution is 2.37. The van der Waals surface area contributed by atoms with Crippen LogP contribution >= 0.6 is 50.5 Å². The van der Waals surface area contributed by atoms with Crippen molar-refractivity contribution in [1.29, 1.82) is 0 Å². The molecule has 0 aliphatic heterocycles. The van der Waals surface area contributed by atoms with E-state index in [0.717, 1.165) is 19.9 Å². The van der Waals surface area contributed by atoms with Crippen molar-refractivity contribution in [3.8, 4) is 0 Å². The highest BCUT2D eigenvalue weighted by Gasteiger charge is 2.15. The third-order valence-electron chi connectivity index (χ3n) is 2.34. The number of thiophene rings is 1. The van der Waals surface area contributed by atoms with Gasteiger partial charge in [-0.2, -0.15) is 0 Å². The Balaban J connectivity index is 2.38. The predicted molar refractivity (Wildman–Crippen MR) is 75.9 cm³/mol. The van der Waals surface area contributed by atoms with E-state index in [9.17, 15) is 0 Å². The van der Waals surface area contributed by atoms with Crippen molar-refractivity contribution in [3.05, 3.63) is 55.1 Å². The van der Waals surface area contributed by atoms with Gasteiger partial charge in [-0.05, 0) is 52.2 Å². The molecule has 1 atom stereocenters. The Kier molecular flexibility index (Phi) is 3.96. The average molecular weight is 336 g/mol. The van der Waals surface area contributed by atoms with Crippen LogP contribution in [0.5, 0.6) is 0 Å². The van der Waals surface area contributed by atoms with E-state index in [4.69, 9.17) is 23.2 Å². The number of alkyl halides is 1. The topological polar surface area (TPSA) is 0 Å². The molecule has 1 aromatic heterocycles. The molecule has 0 spiro atoms. The van der Waals surface area contributed by atoms with Crippen molar-refractivity contribution in [3.63, 3.8) is 0 Å². The van der Waals surface area contributed by atoms with E-state index >= 15 is 0 Å². The summed E-state index contributed by atoms with van der Waals surface area (Å²) in [6.45, 7) is 2.07. The van der Waals surface area contributed by atoms with E-state index in [0.29, 0.717) is 0 Å². The number of rotatable bonds is 2. The second-order valence-electron chi connectivity index (χ2n) is 3.48. The molecular formula is C12H9BrCl2S. The molecule has 0 nitrogen and oxygen atoms in total. The summed E-state index contributed by atoms with van der Waals surface area (Å²) in [7, 11) is 0. The Morgan fingerprint density at radius 2 is 2.06 bits per heavy atom. The lowest BCUT2D eigenvalue weighted by molar-refractivity contribution is 1.13. The molecule has 0 bridgehead atoms. The second kappa shape index (κ2) is 5.09. The molecule has 0 N–H and O–H groups in total. The first-order valence-electron chi connectivity index (χ1n) is 4.73. The van der Waals surface area contributed by atoms with E-state index < -0.39 is 0 Å². The van der Waals surface area contributed by atoms with Gasteiger partial charge in [0, 0.05) is 9.90 Å².